The van der Waals surface area contributed by atoms with Crippen LogP contribution < -0.4 is 0 Å². The summed E-state index contributed by atoms with van der Waals surface area (Å²) < 4.78 is 25.6. The topological polar surface area (TPSA) is 54.5 Å². The van der Waals surface area contributed by atoms with E-state index in [1.54, 1.807) is 28.8 Å². The second kappa shape index (κ2) is 8.89. The third kappa shape index (κ3) is 5.10. The van der Waals surface area contributed by atoms with E-state index in [2.05, 4.69) is 13.8 Å². The summed E-state index contributed by atoms with van der Waals surface area (Å²) >= 11 is 7.63. The van der Waals surface area contributed by atoms with Crippen molar-refractivity contribution in [3.8, 4) is 0 Å². The number of halogens is 1. The maximum atomic E-state index is 12.8. The van der Waals surface area contributed by atoms with Crippen LogP contribution in [0.5, 0.6) is 0 Å². The minimum atomic E-state index is -3.47. The van der Waals surface area contributed by atoms with E-state index in [9.17, 15) is 13.2 Å². The fraction of sp³-hybridized carbons (Fsp3) is 0.381. The number of benzene rings is 2. The molecule has 4 nitrogen and oxygen atoms in total. The Morgan fingerprint density at radius 1 is 1.14 bits per heavy atom. The molecular formula is C21H24ClNO3S2. The molecule has 2 aromatic carbocycles. The van der Waals surface area contributed by atoms with Crippen LogP contribution in [0.25, 0.3) is 0 Å². The highest BCUT2D eigenvalue weighted by molar-refractivity contribution is 7.99. The molecule has 7 heteroatoms. The van der Waals surface area contributed by atoms with Crippen LogP contribution in [-0.2, 0) is 21.1 Å². The normalized spacial score (nSPS) is 17.3. The van der Waals surface area contributed by atoms with Gasteiger partial charge in [-0.05, 0) is 48.4 Å². The molecule has 1 saturated heterocycles. The molecule has 0 spiro atoms. The van der Waals surface area contributed by atoms with Gasteiger partial charge in [0.2, 0.25) is 5.91 Å². The first kappa shape index (κ1) is 21.2. The lowest BCUT2D eigenvalue weighted by molar-refractivity contribution is -0.129. The second-order valence-corrected chi connectivity index (χ2v) is 11.6. The lowest BCUT2D eigenvalue weighted by Gasteiger charge is -2.17. The van der Waals surface area contributed by atoms with Crippen molar-refractivity contribution in [1.82, 2.24) is 4.90 Å². The van der Waals surface area contributed by atoms with Crippen molar-refractivity contribution >= 4 is 39.1 Å². The van der Waals surface area contributed by atoms with Crippen LogP contribution >= 0.6 is 23.4 Å². The second-order valence-electron chi connectivity index (χ2n) is 7.24. The summed E-state index contributed by atoms with van der Waals surface area (Å²) in [6.07, 6.45) is 0.751. The van der Waals surface area contributed by atoms with Gasteiger partial charge < -0.3 is 4.90 Å². The van der Waals surface area contributed by atoms with Gasteiger partial charge in [0.05, 0.1) is 16.6 Å². The summed E-state index contributed by atoms with van der Waals surface area (Å²) in [4.78, 5) is 15.7. The standard InChI is InChI=1S/C21H24ClNO3S2/c1-15(2)27-18-7-3-16(4-8-18)13-21(24)23-12-11-20(14-23)28(25,26)19-9-5-17(22)6-10-19/h3-10,15,20H,11-14H2,1-2H3. The minimum absolute atomic E-state index is 0.0296. The molecule has 1 unspecified atom stereocenters. The smallest absolute Gasteiger partial charge is 0.227 e. The van der Waals surface area contributed by atoms with Gasteiger partial charge in [0.25, 0.3) is 0 Å². The molecule has 2 aromatic rings. The zero-order valence-electron chi connectivity index (χ0n) is 16.0. The van der Waals surface area contributed by atoms with E-state index in [4.69, 9.17) is 11.6 Å². The number of nitrogens with zero attached hydrogens (tertiary/aromatic N) is 1. The van der Waals surface area contributed by atoms with Crippen LogP contribution in [0.2, 0.25) is 5.02 Å². The van der Waals surface area contributed by atoms with E-state index in [1.807, 2.05) is 24.3 Å². The van der Waals surface area contributed by atoms with E-state index >= 15 is 0 Å². The van der Waals surface area contributed by atoms with E-state index in [0.717, 1.165) is 5.56 Å². The molecule has 0 aromatic heterocycles. The van der Waals surface area contributed by atoms with Gasteiger partial charge in [-0.2, -0.15) is 0 Å². The highest BCUT2D eigenvalue weighted by Crippen LogP contribution is 2.26. The van der Waals surface area contributed by atoms with Crippen molar-refractivity contribution in [3.63, 3.8) is 0 Å². The molecule has 1 fully saturated rings. The number of hydrogen-bond donors (Lipinski definition) is 0. The molecule has 0 saturated carbocycles. The van der Waals surface area contributed by atoms with Gasteiger partial charge >= 0.3 is 0 Å². The first-order valence-electron chi connectivity index (χ1n) is 9.28. The van der Waals surface area contributed by atoms with Crippen molar-refractivity contribution in [3.05, 3.63) is 59.1 Å². The SMILES string of the molecule is CC(C)Sc1ccc(CC(=O)N2CCC(S(=O)(=O)c3ccc(Cl)cc3)C2)cc1. The molecule has 1 amide bonds. The van der Waals surface area contributed by atoms with Crippen LogP contribution in [0.15, 0.2) is 58.3 Å². The fourth-order valence-corrected chi connectivity index (χ4v) is 5.92. The van der Waals surface area contributed by atoms with Crippen molar-refractivity contribution in [1.29, 1.82) is 0 Å². The van der Waals surface area contributed by atoms with Crippen LogP contribution in [0.3, 0.4) is 0 Å². The molecule has 0 aliphatic carbocycles. The van der Waals surface area contributed by atoms with E-state index in [1.165, 1.54) is 17.0 Å². The molecule has 3 rings (SSSR count). The Labute approximate surface area is 176 Å². The van der Waals surface area contributed by atoms with Crippen LogP contribution in [0.4, 0.5) is 0 Å². The number of likely N-dealkylation sites (tertiary alicyclic amines) is 1. The van der Waals surface area contributed by atoms with E-state index < -0.39 is 15.1 Å². The molecule has 1 atom stereocenters. The Morgan fingerprint density at radius 2 is 1.79 bits per heavy atom. The van der Waals surface area contributed by atoms with Crippen LogP contribution in [0.1, 0.15) is 25.8 Å². The van der Waals surface area contributed by atoms with Crippen molar-refractivity contribution in [2.75, 3.05) is 13.1 Å². The summed E-state index contributed by atoms with van der Waals surface area (Å²) in [6, 6.07) is 14.2. The Kier molecular flexibility index (Phi) is 6.73. The predicted molar refractivity (Wildman–Crippen MR) is 115 cm³/mol. The zero-order chi connectivity index (χ0) is 20.3. The molecule has 1 heterocycles. The van der Waals surface area contributed by atoms with Gasteiger partial charge in [-0.1, -0.05) is 37.6 Å². The Bertz CT molecular complexity index is 925. The highest BCUT2D eigenvalue weighted by Gasteiger charge is 2.36. The van der Waals surface area contributed by atoms with Gasteiger partial charge in [-0.3, -0.25) is 4.79 Å². The molecule has 0 radical (unpaired) electrons. The first-order chi connectivity index (χ1) is 13.3. The summed E-state index contributed by atoms with van der Waals surface area (Å²) in [6.45, 7) is 5.00. The molecule has 28 heavy (non-hydrogen) atoms. The number of carbonyl (C=O) groups is 1. The molecule has 1 aliphatic rings. The molecule has 150 valence electrons. The first-order valence-corrected chi connectivity index (χ1v) is 12.1. The van der Waals surface area contributed by atoms with Crippen molar-refractivity contribution in [2.24, 2.45) is 0 Å². The predicted octanol–water partition coefficient (Wildman–Crippen LogP) is 4.46. The summed E-state index contributed by atoms with van der Waals surface area (Å²) in [5.41, 5.74) is 0.946. The van der Waals surface area contributed by atoms with Crippen molar-refractivity contribution < 1.29 is 13.2 Å². The van der Waals surface area contributed by atoms with E-state index in [-0.39, 0.29) is 17.3 Å². The third-order valence-electron chi connectivity index (χ3n) is 4.73. The Balaban J connectivity index is 1.61. The molecule has 0 N–H and O–H groups in total. The zero-order valence-corrected chi connectivity index (χ0v) is 18.4. The summed E-state index contributed by atoms with van der Waals surface area (Å²) in [5, 5.41) is 0.444. The average Bonchev–Trinajstić information content (AvgIpc) is 3.14. The average molecular weight is 438 g/mol. The molecule has 0 bridgehead atoms. The number of carbonyl (C=O) groups excluding carboxylic acids is 1. The number of amides is 1. The van der Waals surface area contributed by atoms with Gasteiger partial charge in [-0.15, -0.1) is 11.8 Å². The lowest BCUT2D eigenvalue weighted by atomic mass is 10.1. The van der Waals surface area contributed by atoms with E-state index in [0.29, 0.717) is 29.7 Å². The van der Waals surface area contributed by atoms with Gasteiger partial charge in [-0.25, -0.2) is 8.42 Å². The van der Waals surface area contributed by atoms with Gasteiger partial charge in [0.1, 0.15) is 0 Å². The highest BCUT2D eigenvalue weighted by atomic mass is 35.5. The van der Waals surface area contributed by atoms with Gasteiger partial charge in [0.15, 0.2) is 9.84 Å². The Hall–Kier alpha value is -1.50. The van der Waals surface area contributed by atoms with Crippen molar-refractivity contribution in [2.45, 2.75) is 47.0 Å². The summed E-state index contributed by atoms with van der Waals surface area (Å²) in [7, 11) is -3.47. The monoisotopic (exact) mass is 437 g/mol. The number of thioether (sulfide) groups is 1. The minimum Gasteiger partial charge on any atom is -0.341 e. The largest absolute Gasteiger partial charge is 0.341 e. The van der Waals surface area contributed by atoms with Crippen LogP contribution in [-0.4, -0.2) is 42.8 Å². The van der Waals surface area contributed by atoms with Gasteiger partial charge in [0, 0.05) is 28.3 Å². The number of hydrogen-bond acceptors (Lipinski definition) is 4. The molecule has 1 aliphatic heterocycles. The lowest BCUT2D eigenvalue weighted by Crippen LogP contribution is -2.32. The number of rotatable bonds is 6. The maximum Gasteiger partial charge on any atom is 0.227 e. The van der Waals surface area contributed by atoms with Crippen LogP contribution in [0, 0.1) is 0 Å². The third-order valence-corrected chi connectivity index (χ3v) is 8.19. The number of sulfone groups is 1. The molecular weight excluding hydrogens is 414 g/mol. The quantitative estimate of drug-likeness (QED) is 0.626. The Morgan fingerprint density at radius 3 is 2.39 bits per heavy atom. The summed E-state index contributed by atoms with van der Waals surface area (Å²) in [5.74, 6) is -0.0296. The fourth-order valence-electron chi connectivity index (χ4n) is 3.27. The maximum absolute atomic E-state index is 12.8.